The molecule has 0 radical (unpaired) electrons. The van der Waals surface area contributed by atoms with E-state index in [1.165, 1.54) is 40.8 Å². The number of benzene rings is 1. The number of rotatable bonds is 4. The van der Waals surface area contributed by atoms with Crippen molar-refractivity contribution in [2.45, 2.75) is 32.2 Å². The molecule has 0 saturated heterocycles. The Hall–Kier alpha value is -2.56. The zero-order chi connectivity index (χ0) is 15.6. The quantitative estimate of drug-likeness (QED) is 0.805. The smallest absolute Gasteiger partial charge is 0.350 e. The van der Waals surface area contributed by atoms with Crippen molar-refractivity contribution in [1.82, 2.24) is 14.2 Å². The maximum atomic E-state index is 12.2. The van der Waals surface area contributed by atoms with Crippen LogP contribution in [0.25, 0.3) is 5.65 Å². The summed E-state index contributed by atoms with van der Waals surface area (Å²) >= 11 is 0. The molecule has 1 aliphatic carbocycles. The van der Waals surface area contributed by atoms with Gasteiger partial charge in [0.2, 0.25) is 0 Å². The first-order chi connectivity index (χ1) is 11.3. The summed E-state index contributed by atoms with van der Waals surface area (Å²) in [4.78, 5) is 12.2. The summed E-state index contributed by atoms with van der Waals surface area (Å²) in [6.07, 6.45) is 6.62. The van der Waals surface area contributed by atoms with Gasteiger partial charge in [-0.1, -0.05) is 18.2 Å². The molecule has 0 unspecified atom stereocenters. The summed E-state index contributed by atoms with van der Waals surface area (Å²) < 4.78 is 3.10. The van der Waals surface area contributed by atoms with Crippen LogP contribution in [0, 0.1) is 0 Å². The number of aromatic nitrogens is 3. The largest absolute Gasteiger partial charge is 0.383 e. The van der Waals surface area contributed by atoms with Gasteiger partial charge in [0.1, 0.15) is 0 Å². The van der Waals surface area contributed by atoms with Crippen molar-refractivity contribution >= 4 is 11.3 Å². The Bertz CT molecular complexity index is 893. The second-order valence-corrected chi connectivity index (χ2v) is 6.01. The van der Waals surface area contributed by atoms with E-state index in [2.05, 4.69) is 28.6 Å². The van der Waals surface area contributed by atoms with Crippen molar-refractivity contribution in [2.24, 2.45) is 0 Å². The van der Waals surface area contributed by atoms with E-state index in [-0.39, 0.29) is 5.69 Å². The van der Waals surface area contributed by atoms with E-state index >= 15 is 0 Å². The molecule has 0 atom stereocenters. The Morgan fingerprint density at radius 2 is 2.00 bits per heavy atom. The number of anilines is 1. The molecule has 0 aliphatic heterocycles. The molecule has 118 valence electrons. The molecule has 0 fully saturated rings. The van der Waals surface area contributed by atoms with E-state index in [9.17, 15) is 4.79 Å². The van der Waals surface area contributed by atoms with Crippen LogP contribution >= 0.6 is 0 Å². The van der Waals surface area contributed by atoms with Crippen LogP contribution in [0.1, 0.15) is 24.0 Å². The van der Waals surface area contributed by atoms with Crippen molar-refractivity contribution in [3.8, 4) is 0 Å². The van der Waals surface area contributed by atoms with Crippen LogP contribution in [0.2, 0.25) is 0 Å². The number of fused-ring (bicyclic) bond motifs is 2. The molecule has 2 heterocycles. The van der Waals surface area contributed by atoms with Gasteiger partial charge >= 0.3 is 5.69 Å². The van der Waals surface area contributed by atoms with Gasteiger partial charge < -0.3 is 5.32 Å². The van der Waals surface area contributed by atoms with Crippen LogP contribution in [0.4, 0.5) is 5.69 Å². The normalized spacial score (nSPS) is 13.9. The standard InChI is InChI=1S/C18H20N4O/c23-18-21-12-4-3-10-17(21)20-22(18)13-11-19-16-9-5-7-14-6-1-2-8-15(14)16/h3-5,7,9-10,12,19H,1-2,6,8,11,13H2. The maximum Gasteiger partial charge on any atom is 0.350 e. The minimum atomic E-state index is -0.0857. The fraction of sp³-hybridized carbons (Fsp3) is 0.333. The average Bonchev–Trinajstić information content (AvgIpc) is 2.92. The Morgan fingerprint density at radius 1 is 1.09 bits per heavy atom. The molecule has 3 aromatic rings. The summed E-state index contributed by atoms with van der Waals surface area (Å²) in [5.41, 5.74) is 4.72. The average molecular weight is 308 g/mol. The third kappa shape index (κ3) is 2.63. The molecule has 1 aromatic carbocycles. The lowest BCUT2D eigenvalue weighted by atomic mass is 9.90. The SMILES string of the molecule is O=c1n(CCNc2cccc3c2CCCC3)nc2ccccn12. The van der Waals surface area contributed by atoms with Gasteiger partial charge in [0.25, 0.3) is 0 Å². The zero-order valence-electron chi connectivity index (χ0n) is 13.0. The minimum absolute atomic E-state index is 0.0857. The van der Waals surface area contributed by atoms with E-state index in [1.807, 2.05) is 18.2 Å². The predicted molar refractivity (Wildman–Crippen MR) is 91.0 cm³/mol. The third-order valence-corrected chi connectivity index (χ3v) is 4.52. The molecule has 0 spiro atoms. The lowest BCUT2D eigenvalue weighted by molar-refractivity contribution is 0.613. The van der Waals surface area contributed by atoms with Gasteiger partial charge in [-0.3, -0.25) is 4.40 Å². The van der Waals surface area contributed by atoms with Crippen LogP contribution in [0.3, 0.4) is 0 Å². The lowest BCUT2D eigenvalue weighted by Crippen LogP contribution is -2.24. The second kappa shape index (κ2) is 5.91. The molecule has 2 aromatic heterocycles. The van der Waals surface area contributed by atoms with Crippen molar-refractivity contribution in [3.63, 3.8) is 0 Å². The van der Waals surface area contributed by atoms with Crippen LogP contribution < -0.4 is 11.0 Å². The molecule has 0 bridgehead atoms. The molecule has 0 saturated carbocycles. The molecular weight excluding hydrogens is 288 g/mol. The van der Waals surface area contributed by atoms with Crippen molar-refractivity contribution in [1.29, 1.82) is 0 Å². The molecule has 1 N–H and O–H groups in total. The third-order valence-electron chi connectivity index (χ3n) is 4.52. The molecule has 5 heteroatoms. The summed E-state index contributed by atoms with van der Waals surface area (Å²) in [6, 6.07) is 12.1. The number of aryl methyl sites for hydroxylation is 1. The van der Waals surface area contributed by atoms with Gasteiger partial charge in [-0.15, -0.1) is 5.10 Å². The van der Waals surface area contributed by atoms with E-state index in [0.717, 1.165) is 6.42 Å². The first-order valence-electron chi connectivity index (χ1n) is 8.22. The fourth-order valence-corrected chi connectivity index (χ4v) is 3.36. The molecule has 4 rings (SSSR count). The summed E-state index contributed by atoms with van der Waals surface area (Å²) in [7, 11) is 0. The van der Waals surface area contributed by atoms with Gasteiger partial charge in [0.15, 0.2) is 5.65 Å². The second-order valence-electron chi connectivity index (χ2n) is 6.01. The van der Waals surface area contributed by atoms with Crippen LogP contribution in [0.15, 0.2) is 47.4 Å². The Kier molecular flexibility index (Phi) is 3.61. The first-order valence-corrected chi connectivity index (χ1v) is 8.22. The molecule has 23 heavy (non-hydrogen) atoms. The number of nitrogens with one attached hydrogen (secondary N) is 1. The first kappa shape index (κ1) is 14.1. The van der Waals surface area contributed by atoms with Gasteiger partial charge in [0.05, 0.1) is 6.54 Å². The van der Waals surface area contributed by atoms with E-state index in [1.54, 1.807) is 10.6 Å². The van der Waals surface area contributed by atoms with Crippen LogP contribution in [-0.4, -0.2) is 20.7 Å². The highest BCUT2D eigenvalue weighted by Crippen LogP contribution is 2.27. The minimum Gasteiger partial charge on any atom is -0.383 e. The number of hydrogen-bond donors (Lipinski definition) is 1. The van der Waals surface area contributed by atoms with Gasteiger partial charge in [-0.2, -0.15) is 0 Å². The number of hydrogen-bond acceptors (Lipinski definition) is 3. The summed E-state index contributed by atoms with van der Waals surface area (Å²) in [6.45, 7) is 1.25. The maximum absolute atomic E-state index is 12.2. The predicted octanol–water partition coefficient (Wildman–Crippen LogP) is 2.49. The summed E-state index contributed by atoms with van der Waals surface area (Å²) in [5.74, 6) is 0. The van der Waals surface area contributed by atoms with Crippen molar-refractivity contribution in [3.05, 3.63) is 64.2 Å². The summed E-state index contributed by atoms with van der Waals surface area (Å²) in [5, 5.41) is 7.84. The van der Waals surface area contributed by atoms with E-state index in [0.29, 0.717) is 18.7 Å². The molecular formula is C18H20N4O. The highest BCUT2D eigenvalue weighted by atomic mass is 16.2. The zero-order valence-corrected chi connectivity index (χ0v) is 13.0. The molecule has 0 amide bonds. The monoisotopic (exact) mass is 308 g/mol. The molecule has 5 nitrogen and oxygen atoms in total. The van der Waals surface area contributed by atoms with Gasteiger partial charge in [-0.05, 0) is 55.0 Å². The highest BCUT2D eigenvalue weighted by Gasteiger charge is 2.12. The highest BCUT2D eigenvalue weighted by molar-refractivity contribution is 5.55. The van der Waals surface area contributed by atoms with Crippen LogP contribution in [-0.2, 0) is 19.4 Å². The molecule has 1 aliphatic rings. The Morgan fingerprint density at radius 3 is 2.91 bits per heavy atom. The fourth-order valence-electron chi connectivity index (χ4n) is 3.36. The van der Waals surface area contributed by atoms with Gasteiger partial charge in [-0.25, -0.2) is 9.48 Å². The Balaban J connectivity index is 1.50. The number of pyridine rings is 1. The van der Waals surface area contributed by atoms with Gasteiger partial charge in [0, 0.05) is 18.4 Å². The van der Waals surface area contributed by atoms with Crippen molar-refractivity contribution in [2.75, 3.05) is 11.9 Å². The van der Waals surface area contributed by atoms with Crippen LogP contribution in [0.5, 0.6) is 0 Å². The Labute approximate surface area is 134 Å². The topological polar surface area (TPSA) is 51.3 Å². The van der Waals surface area contributed by atoms with E-state index < -0.39 is 0 Å². The van der Waals surface area contributed by atoms with E-state index in [4.69, 9.17) is 0 Å². The number of nitrogens with zero attached hydrogens (tertiary/aromatic N) is 3. The lowest BCUT2D eigenvalue weighted by Gasteiger charge is -2.20. The van der Waals surface area contributed by atoms with Crippen molar-refractivity contribution < 1.29 is 0 Å².